The molecule has 0 radical (unpaired) electrons. The number of imidazole rings is 1. The van der Waals surface area contributed by atoms with Crippen LogP contribution in [0.4, 0.5) is 0 Å². The zero-order valence-electron chi connectivity index (χ0n) is 11.7. The molecular formula is C15H24N2O2. The van der Waals surface area contributed by atoms with Gasteiger partial charge in [0.1, 0.15) is 5.82 Å². The molecule has 0 spiro atoms. The predicted octanol–water partition coefficient (Wildman–Crippen LogP) is 3.57. The molecule has 1 heterocycles. The van der Waals surface area contributed by atoms with Crippen LogP contribution >= 0.6 is 0 Å². The Hall–Kier alpha value is -1.32. The third-order valence-electron chi connectivity index (χ3n) is 4.04. The first-order chi connectivity index (χ1) is 9.20. The summed E-state index contributed by atoms with van der Waals surface area (Å²) < 4.78 is 0. The Balaban J connectivity index is 1.99. The Bertz CT molecular complexity index is 420. The van der Waals surface area contributed by atoms with Gasteiger partial charge in [-0.1, -0.05) is 39.0 Å². The molecule has 0 bridgehead atoms. The monoisotopic (exact) mass is 264 g/mol. The van der Waals surface area contributed by atoms with Crippen molar-refractivity contribution in [2.45, 2.75) is 64.7 Å². The summed E-state index contributed by atoms with van der Waals surface area (Å²) in [6.45, 7) is 2.07. The molecular weight excluding hydrogens is 240 g/mol. The van der Waals surface area contributed by atoms with Gasteiger partial charge >= 0.3 is 5.97 Å². The third-order valence-corrected chi connectivity index (χ3v) is 4.04. The summed E-state index contributed by atoms with van der Waals surface area (Å²) in [5.41, 5.74) is 1.06. The van der Waals surface area contributed by atoms with Crippen LogP contribution < -0.4 is 0 Å². The fraction of sp³-hybridized carbons (Fsp3) is 0.733. The average molecular weight is 264 g/mol. The molecule has 0 atom stereocenters. The van der Waals surface area contributed by atoms with E-state index < -0.39 is 5.97 Å². The van der Waals surface area contributed by atoms with E-state index in [1.807, 2.05) is 0 Å². The van der Waals surface area contributed by atoms with Crippen molar-refractivity contribution in [1.29, 1.82) is 0 Å². The molecule has 1 aliphatic carbocycles. The van der Waals surface area contributed by atoms with E-state index in [0.717, 1.165) is 43.1 Å². The first-order valence-corrected chi connectivity index (χ1v) is 7.51. The van der Waals surface area contributed by atoms with Crippen LogP contribution in [0.3, 0.4) is 0 Å². The van der Waals surface area contributed by atoms with Crippen LogP contribution in [-0.4, -0.2) is 21.0 Å². The molecule has 106 valence electrons. The number of hydrogen-bond acceptors (Lipinski definition) is 2. The number of carboxylic acid groups (broad SMARTS) is 1. The number of nitrogens with one attached hydrogen (secondary N) is 1. The van der Waals surface area contributed by atoms with Gasteiger partial charge in [-0.25, -0.2) is 9.78 Å². The van der Waals surface area contributed by atoms with Crippen LogP contribution in [0, 0.1) is 5.92 Å². The van der Waals surface area contributed by atoms with Gasteiger partial charge in [-0.15, -0.1) is 0 Å². The Morgan fingerprint density at radius 1 is 1.32 bits per heavy atom. The van der Waals surface area contributed by atoms with E-state index in [4.69, 9.17) is 0 Å². The summed E-state index contributed by atoms with van der Waals surface area (Å²) in [4.78, 5) is 18.6. The zero-order valence-corrected chi connectivity index (χ0v) is 11.7. The largest absolute Gasteiger partial charge is 0.476 e. The van der Waals surface area contributed by atoms with Crippen LogP contribution in [-0.2, 0) is 12.8 Å². The molecule has 1 aromatic rings. The van der Waals surface area contributed by atoms with Gasteiger partial charge in [0, 0.05) is 12.1 Å². The summed E-state index contributed by atoms with van der Waals surface area (Å²) in [6, 6.07) is 0. The highest BCUT2D eigenvalue weighted by Crippen LogP contribution is 2.27. The van der Waals surface area contributed by atoms with E-state index in [0.29, 0.717) is 0 Å². The molecule has 0 aromatic carbocycles. The number of carboxylic acids is 1. The normalized spacial score (nSPS) is 16.7. The molecule has 1 aromatic heterocycles. The van der Waals surface area contributed by atoms with Gasteiger partial charge in [0.2, 0.25) is 0 Å². The summed E-state index contributed by atoms with van der Waals surface area (Å²) in [6.07, 6.45) is 10.4. The topological polar surface area (TPSA) is 66.0 Å². The molecule has 0 saturated heterocycles. The van der Waals surface area contributed by atoms with E-state index in [-0.39, 0.29) is 5.69 Å². The zero-order chi connectivity index (χ0) is 13.7. The minimum absolute atomic E-state index is 0.235. The molecule has 4 nitrogen and oxygen atoms in total. The standard InChI is InChI=1S/C15H24N2O2/c1-2-6-13-16-12(14(17-13)15(18)19)10-9-11-7-4-3-5-8-11/h11H,2-10H2,1H3,(H,16,17)(H,18,19). The van der Waals surface area contributed by atoms with E-state index in [2.05, 4.69) is 16.9 Å². The number of hydrogen-bond donors (Lipinski definition) is 2. The van der Waals surface area contributed by atoms with Gasteiger partial charge < -0.3 is 10.1 Å². The van der Waals surface area contributed by atoms with Crippen molar-refractivity contribution in [3.8, 4) is 0 Å². The van der Waals surface area contributed by atoms with Gasteiger partial charge in [0.25, 0.3) is 0 Å². The number of H-pyrrole nitrogens is 1. The Kier molecular flexibility index (Phi) is 5.00. The molecule has 1 fully saturated rings. The molecule has 0 unspecified atom stereocenters. The smallest absolute Gasteiger partial charge is 0.356 e. The van der Waals surface area contributed by atoms with E-state index in [9.17, 15) is 9.90 Å². The fourth-order valence-corrected chi connectivity index (χ4v) is 3.00. The first-order valence-electron chi connectivity index (χ1n) is 7.51. The molecule has 2 N–H and O–H groups in total. The summed E-state index contributed by atoms with van der Waals surface area (Å²) in [5, 5.41) is 9.20. The second-order valence-corrected chi connectivity index (χ2v) is 5.61. The van der Waals surface area contributed by atoms with E-state index >= 15 is 0 Å². The van der Waals surface area contributed by atoms with E-state index in [1.54, 1.807) is 0 Å². The number of nitrogens with zero attached hydrogens (tertiary/aromatic N) is 1. The minimum atomic E-state index is -0.905. The van der Waals surface area contributed by atoms with Gasteiger partial charge in [-0.3, -0.25) is 0 Å². The lowest BCUT2D eigenvalue weighted by Crippen LogP contribution is -2.09. The van der Waals surface area contributed by atoms with Crippen molar-refractivity contribution in [1.82, 2.24) is 9.97 Å². The lowest BCUT2D eigenvalue weighted by Gasteiger charge is -2.21. The van der Waals surface area contributed by atoms with Gasteiger partial charge in [-0.05, 0) is 25.2 Å². The third kappa shape index (κ3) is 3.82. The van der Waals surface area contributed by atoms with Crippen molar-refractivity contribution in [3.63, 3.8) is 0 Å². The van der Waals surface area contributed by atoms with Gasteiger partial charge in [0.05, 0.1) is 0 Å². The van der Waals surface area contributed by atoms with Crippen LogP contribution in [0.5, 0.6) is 0 Å². The van der Waals surface area contributed by atoms with E-state index in [1.165, 1.54) is 32.1 Å². The van der Waals surface area contributed by atoms with Crippen LogP contribution in [0.2, 0.25) is 0 Å². The summed E-state index contributed by atoms with van der Waals surface area (Å²) >= 11 is 0. The predicted molar refractivity (Wildman–Crippen MR) is 74.4 cm³/mol. The number of aromatic amines is 1. The SMILES string of the molecule is CCCc1nc(C(=O)O)c(CCC2CCCCC2)[nH]1. The second kappa shape index (κ2) is 6.73. The lowest BCUT2D eigenvalue weighted by atomic mass is 9.85. The molecule has 0 aliphatic heterocycles. The molecule has 2 rings (SSSR count). The van der Waals surface area contributed by atoms with Crippen molar-refractivity contribution in [2.24, 2.45) is 5.92 Å². The lowest BCUT2D eigenvalue weighted by molar-refractivity contribution is 0.0689. The van der Waals surface area contributed by atoms with Crippen molar-refractivity contribution in [3.05, 3.63) is 17.2 Å². The second-order valence-electron chi connectivity index (χ2n) is 5.61. The van der Waals surface area contributed by atoms with Crippen LogP contribution in [0.25, 0.3) is 0 Å². The number of aromatic carboxylic acids is 1. The Morgan fingerprint density at radius 3 is 2.68 bits per heavy atom. The molecule has 1 saturated carbocycles. The summed E-state index contributed by atoms with van der Waals surface area (Å²) in [7, 11) is 0. The van der Waals surface area contributed by atoms with Crippen LogP contribution in [0.15, 0.2) is 0 Å². The quantitative estimate of drug-likeness (QED) is 0.825. The van der Waals surface area contributed by atoms with Crippen molar-refractivity contribution >= 4 is 5.97 Å². The molecule has 1 aliphatic rings. The van der Waals surface area contributed by atoms with Crippen LogP contribution in [0.1, 0.15) is 73.9 Å². The molecule has 0 amide bonds. The highest BCUT2D eigenvalue weighted by molar-refractivity contribution is 5.86. The fourth-order valence-electron chi connectivity index (χ4n) is 3.00. The maximum atomic E-state index is 11.2. The number of aryl methyl sites for hydroxylation is 2. The first kappa shape index (κ1) is 14.1. The number of carbonyl (C=O) groups is 1. The number of aromatic nitrogens is 2. The van der Waals surface area contributed by atoms with Crippen molar-refractivity contribution < 1.29 is 9.90 Å². The minimum Gasteiger partial charge on any atom is -0.476 e. The number of rotatable bonds is 6. The highest BCUT2D eigenvalue weighted by atomic mass is 16.4. The average Bonchev–Trinajstić information content (AvgIpc) is 2.81. The summed E-state index contributed by atoms with van der Waals surface area (Å²) in [5.74, 6) is 0.684. The van der Waals surface area contributed by atoms with Gasteiger partial charge in [0.15, 0.2) is 5.69 Å². The molecule has 19 heavy (non-hydrogen) atoms. The Morgan fingerprint density at radius 2 is 2.05 bits per heavy atom. The maximum Gasteiger partial charge on any atom is 0.356 e. The Labute approximate surface area is 114 Å². The van der Waals surface area contributed by atoms with Gasteiger partial charge in [-0.2, -0.15) is 0 Å². The van der Waals surface area contributed by atoms with Crippen molar-refractivity contribution in [2.75, 3.05) is 0 Å². The maximum absolute atomic E-state index is 11.2. The molecule has 4 heteroatoms. The highest BCUT2D eigenvalue weighted by Gasteiger charge is 2.19.